The SMILES string of the molecule is CC1OC(C)(C)OC1C(=O)OC1CC1. The largest absolute Gasteiger partial charge is 0.460 e. The van der Waals surface area contributed by atoms with Gasteiger partial charge in [0.2, 0.25) is 0 Å². The van der Waals surface area contributed by atoms with E-state index in [-0.39, 0.29) is 18.2 Å². The second kappa shape index (κ2) is 3.21. The van der Waals surface area contributed by atoms with Crippen molar-refractivity contribution in [1.82, 2.24) is 0 Å². The zero-order valence-corrected chi connectivity index (χ0v) is 8.78. The van der Waals surface area contributed by atoms with Crippen molar-refractivity contribution in [3.8, 4) is 0 Å². The first-order valence-corrected chi connectivity index (χ1v) is 5.04. The van der Waals surface area contributed by atoms with Crippen LogP contribution in [0, 0.1) is 0 Å². The fraction of sp³-hybridized carbons (Fsp3) is 0.900. The Labute approximate surface area is 83.5 Å². The molecule has 0 radical (unpaired) electrons. The zero-order chi connectivity index (χ0) is 10.3. The highest BCUT2D eigenvalue weighted by atomic mass is 16.8. The summed E-state index contributed by atoms with van der Waals surface area (Å²) in [5, 5.41) is 0. The Bertz CT molecular complexity index is 245. The molecule has 0 aromatic heterocycles. The lowest BCUT2D eigenvalue weighted by Gasteiger charge is -2.16. The molecule has 2 fully saturated rings. The first kappa shape index (κ1) is 9.93. The summed E-state index contributed by atoms with van der Waals surface area (Å²) in [6, 6.07) is 0. The third-order valence-electron chi connectivity index (χ3n) is 2.35. The average Bonchev–Trinajstić information content (AvgIpc) is 2.78. The molecule has 1 saturated heterocycles. The van der Waals surface area contributed by atoms with Crippen LogP contribution in [0.4, 0.5) is 0 Å². The number of hydrogen-bond donors (Lipinski definition) is 0. The molecule has 2 atom stereocenters. The molecule has 0 aromatic carbocycles. The predicted molar refractivity (Wildman–Crippen MR) is 48.6 cm³/mol. The van der Waals surface area contributed by atoms with Gasteiger partial charge < -0.3 is 14.2 Å². The van der Waals surface area contributed by atoms with E-state index in [1.54, 1.807) is 13.8 Å². The van der Waals surface area contributed by atoms with Crippen LogP contribution in [0.5, 0.6) is 0 Å². The molecule has 2 unspecified atom stereocenters. The van der Waals surface area contributed by atoms with Crippen LogP contribution < -0.4 is 0 Å². The molecular formula is C10H16O4. The first-order valence-electron chi connectivity index (χ1n) is 5.04. The summed E-state index contributed by atoms with van der Waals surface area (Å²) in [5.74, 6) is -0.960. The van der Waals surface area contributed by atoms with Crippen LogP contribution >= 0.6 is 0 Å². The van der Waals surface area contributed by atoms with E-state index in [4.69, 9.17) is 14.2 Å². The van der Waals surface area contributed by atoms with Crippen LogP contribution in [-0.2, 0) is 19.0 Å². The van der Waals surface area contributed by atoms with E-state index >= 15 is 0 Å². The van der Waals surface area contributed by atoms with E-state index in [0.29, 0.717) is 0 Å². The minimum atomic E-state index is -0.674. The van der Waals surface area contributed by atoms with Gasteiger partial charge in [-0.1, -0.05) is 0 Å². The van der Waals surface area contributed by atoms with Crippen molar-refractivity contribution in [3.63, 3.8) is 0 Å². The molecule has 4 nitrogen and oxygen atoms in total. The van der Waals surface area contributed by atoms with Crippen LogP contribution in [0.3, 0.4) is 0 Å². The molecule has 0 N–H and O–H groups in total. The van der Waals surface area contributed by atoms with Crippen molar-refractivity contribution >= 4 is 5.97 Å². The van der Waals surface area contributed by atoms with Gasteiger partial charge in [0.1, 0.15) is 6.10 Å². The fourth-order valence-electron chi connectivity index (χ4n) is 1.60. The zero-order valence-electron chi connectivity index (χ0n) is 8.78. The maximum Gasteiger partial charge on any atom is 0.338 e. The Hall–Kier alpha value is -0.610. The van der Waals surface area contributed by atoms with E-state index in [0.717, 1.165) is 12.8 Å². The summed E-state index contributed by atoms with van der Waals surface area (Å²) in [6.07, 6.45) is 1.30. The molecule has 0 bridgehead atoms. The maximum atomic E-state index is 11.6. The van der Waals surface area contributed by atoms with Crippen molar-refractivity contribution in [1.29, 1.82) is 0 Å². The minimum absolute atomic E-state index is 0.127. The van der Waals surface area contributed by atoms with Crippen molar-refractivity contribution in [2.45, 2.75) is 57.7 Å². The molecule has 0 amide bonds. The molecule has 4 heteroatoms. The number of esters is 1. The second-order valence-corrected chi connectivity index (χ2v) is 4.40. The van der Waals surface area contributed by atoms with E-state index in [2.05, 4.69) is 0 Å². The Kier molecular flexibility index (Phi) is 2.27. The molecule has 0 spiro atoms. The monoisotopic (exact) mass is 200 g/mol. The van der Waals surface area contributed by atoms with Gasteiger partial charge in [-0.25, -0.2) is 4.79 Å². The topological polar surface area (TPSA) is 44.8 Å². The van der Waals surface area contributed by atoms with Crippen LogP contribution in [0.25, 0.3) is 0 Å². The molecule has 80 valence electrons. The quantitative estimate of drug-likeness (QED) is 0.629. The number of ether oxygens (including phenoxy) is 3. The van der Waals surface area contributed by atoms with Gasteiger partial charge in [0.05, 0.1) is 6.10 Å². The molecule has 2 aliphatic rings. The van der Waals surface area contributed by atoms with Gasteiger partial charge in [-0.2, -0.15) is 0 Å². The first-order chi connectivity index (χ1) is 6.48. The lowest BCUT2D eigenvalue weighted by Crippen LogP contribution is -2.32. The molecule has 0 aromatic rings. The van der Waals surface area contributed by atoms with Gasteiger partial charge in [-0.3, -0.25) is 0 Å². The Balaban J connectivity index is 1.93. The summed E-state index contributed by atoms with van der Waals surface area (Å²) >= 11 is 0. The highest BCUT2D eigenvalue weighted by Gasteiger charge is 2.45. The van der Waals surface area contributed by atoms with Crippen molar-refractivity contribution in [3.05, 3.63) is 0 Å². The van der Waals surface area contributed by atoms with E-state index < -0.39 is 11.9 Å². The summed E-state index contributed by atoms with van der Waals surface area (Å²) in [7, 11) is 0. The van der Waals surface area contributed by atoms with Crippen LogP contribution in [0.1, 0.15) is 33.6 Å². The summed E-state index contributed by atoms with van der Waals surface area (Å²) in [5.41, 5.74) is 0. The third kappa shape index (κ3) is 2.07. The molecule has 1 aliphatic carbocycles. The van der Waals surface area contributed by atoms with Gasteiger partial charge in [0.15, 0.2) is 11.9 Å². The van der Waals surface area contributed by atoms with Gasteiger partial charge >= 0.3 is 5.97 Å². The normalized spacial score (nSPS) is 35.6. The average molecular weight is 200 g/mol. The van der Waals surface area contributed by atoms with Gasteiger partial charge in [-0.05, 0) is 33.6 Å². The molecule has 1 aliphatic heterocycles. The van der Waals surface area contributed by atoms with Gasteiger partial charge in [0, 0.05) is 0 Å². The number of carbonyl (C=O) groups excluding carboxylic acids is 1. The number of carbonyl (C=O) groups is 1. The smallest absolute Gasteiger partial charge is 0.338 e. The molecule has 1 saturated carbocycles. The Morgan fingerprint density at radius 1 is 1.36 bits per heavy atom. The highest BCUT2D eigenvalue weighted by Crippen LogP contribution is 2.31. The molecule has 14 heavy (non-hydrogen) atoms. The molecule has 2 rings (SSSR count). The lowest BCUT2D eigenvalue weighted by molar-refractivity contribution is -0.171. The molecular weight excluding hydrogens is 184 g/mol. The van der Waals surface area contributed by atoms with Crippen molar-refractivity contribution < 1.29 is 19.0 Å². The lowest BCUT2D eigenvalue weighted by atomic mass is 10.2. The number of hydrogen-bond acceptors (Lipinski definition) is 4. The minimum Gasteiger partial charge on any atom is -0.460 e. The number of rotatable bonds is 2. The summed E-state index contributed by atoms with van der Waals surface area (Å²) < 4.78 is 16.1. The Morgan fingerprint density at radius 2 is 2.00 bits per heavy atom. The van der Waals surface area contributed by atoms with Gasteiger partial charge in [0.25, 0.3) is 0 Å². The summed E-state index contributed by atoms with van der Waals surface area (Å²) in [6.45, 7) is 5.43. The van der Waals surface area contributed by atoms with Crippen molar-refractivity contribution in [2.24, 2.45) is 0 Å². The summed E-state index contributed by atoms with van der Waals surface area (Å²) in [4.78, 5) is 11.6. The Morgan fingerprint density at radius 3 is 2.43 bits per heavy atom. The predicted octanol–water partition coefficient (Wildman–Crippen LogP) is 1.23. The maximum absolute atomic E-state index is 11.6. The van der Waals surface area contributed by atoms with Crippen LogP contribution in [0.2, 0.25) is 0 Å². The standard InChI is InChI=1S/C10H16O4/c1-6-8(14-10(2,3)13-6)9(11)12-7-4-5-7/h6-8H,4-5H2,1-3H3. The highest BCUT2D eigenvalue weighted by molar-refractivity contribution is 5.76. The third-order valence-corrected chi connectivity index (χ3v) is 2.35. The van der Waals surface area contributed by atoms with Crippen molar-refractivity contribution in [2.75, 3.05) is 0 Å². The van der Waals surface area contributed by atoms with Crippen LogP contribution in [0.15, 0.2) is 0 Å². The fourth-order valence-corrected chi connectivity index (χ4v) is 1.60. The van der Waals surface area contributed by atoms with Gasteiger partial charge in [-0.15, -0.1) is 0 Å². The van der Waals surface area contributed by atoms with E-state index in [9.17, 15) is 4.79 Å². The molecule has 1 heterocycles. The van der Waals surface area contributed by atoms with E-state index in [1.165, 1.54) is 0 Å². The van der Waals surface area contributed by atoms with E-state index in [1.807, 2.05) is 6.92 Å². The van der Waals surface area contributed by atoms with Crippen LogP contribution in [-0.4, -0.2) is 30.1 Å². The second-order valence-electron chi connectivity index (χ2n) is 4.40.